The molecular formula is C27H23N3O2. The molecule has 0 bridgehead atoms. The zero-order valence-corrected chi connectivity index (χ0v) is 18.5. The van der Waals surface area contributed by atoms with Crippen molar-refractivity contribution in [2.24, 2.45) is 0 Å². The third kappa shape index (κ3) is 2.97. The Morgan fingerprint density at radius 3 is 2.03 bits per heavy atom. The molecule has 0 amide bonds. The van der Waals surface area contributed by atoms with Crippen molar-refractivity contribution in [3.05, 3.63) is 89.2 Å². The lowest BCUT2D eigenvalue weighted by Crippen LogP contribution is -2.23. The van der Waals surface area contributed by atoms with Crippen molar-refractivity contribution in [1.29, 1.82) is 0 Å². The van der Waals surface area contributed by atoms with Gasteiger partial charge in [0, 0.05) is 56.9 Å². The van der Waals surface area contributed by atoms with Crippen molar-refractivity contribution >= 4 is 33.7 Å². The van der Waals surface area contributed by atoms with Gasteiger partial charge in [-0.1, -0.05) is 18.2 Å². The first-order valence-corrected chi connectivity index (χ1v) is 10.5. The van der Waals surface area contributed by atoms with Gasteiger partial charge >= 0.3 is 0 Å². The van der Waals surface area contributed by atoms with Gasteiger partial charge in [-0.25, -0.2) is 0 Å². The summed E-state index contributed by atoms with van der Waals surface area (Å²) in [4.78, 5) is 35.2. The van der Waals surface area contributed by atoms with Gasteiger partial charge in [-0.3, -0.25) is 14.6 Å². The summed E-state index contributed by atoms with van der Waals surface area (Å²) in [6, 6.07) is 19.5. The Balaban J connectivity index is 1.84. The highest BCUT2D eigenvalue weighted by atomic mass is 16.1. The summed E-state index contributed by atoms with van der Waals surface area (Å²) >= 11 is 0. The number of aromatic nitrogens is 1. The van der Waals surface area contributed by atoms with Crippen LogP contribution in [0.5, 0.6) is 0 Å². The molecule has 1 heterocycles. The van der Waals surface area contributed by atoms with Gasteiger partial charge in [-0.05, 0) is 64.4 Å². The van der Waals surface area contributed by atoms with Crippen molar-refractivity contribution < 1.29 is 9.59 Å². The number of rotatable bonds is 3. The monoisotopic (exact) mass is 421 g/mol. The fourth-order valence-corrected chi connectivity index (χ4v) is 4.33. The van der Waals surface area contributed by atoms with E-state index in [4.69, 9.17) is 0 Å². The molecule has 0 fully saturated rings. The zero-order chi connectivity index (χ0) is 22.6. The smallest absolute Gasteiger partial charge is 0.213 e. The van der Waals surface area contributed by atoms with Crippen LogP contribution in [-0.2, 0) is 0 Å². The minimum atomic E-state index is -0.203. The predicted octanol–water partition coefficient (Wildman–Crippen LogP) is 4.81. The molecule has 158 valence electrons. The van der Waals surface area contributed by atoms with E-state index < -0.39 is 0 Å². The molecule has 4 aromatic rings. The fourth-order valence-electron chi connectivity index (χ4n) is 4.33. The van der Waals surface area contributed by atoms with E-state index in [9.17, 15) is 9.59 Å². The molecule has 0 radical (unpaired) electrons. The molecule has 1 aliphatic rings. The summed E-state index contributed by atoms with van der Waals surface area (Å²) in [5.41, 5.74) is 5.45. The van der Waals surface area contributed by atoms with E-state index >= 15 is 0 Å². The molecule has 0 saturated heterocycles. The van der Waals surface area contributed by atoms with E-state index in [-0.39, 0.29) is 17.3 Å². The average Bonchev–Trinajstić information content (AvgIpc) is 2.81. The number of benzene rings is 3. The largest absolute Gasteiger partial charge is 0.378 e. The van der Waals surface area contributed by atoms with Crippen molar-refractivity contribution in [2.45, 2.75) is 0 Å². The highest BCUT2D eigenvalue weighted by Crippen LogP contribution is 2.39. The molecule has 0 unspecified atom stereocenters. The molecule has 32 heavy (non-hydrogen) atoms. The maximum absolute atomic E-state index is 13.5. The third-order valence-corrected chi connectivity index (χ3v) is 6.07. The summed E-state index contributed by atoms with van der Waals surface area (Å²) in [6.45, 7) is 0. The minimum Gasteiger partial charge on any atom is -0.378 e. The molecule has 1 aromatic heterocycles. The first-order chi connectivity index (χ1) is 15.4. The van der Waals surface area contributed by atoms with E-state index in [0.29, 0.717) is 16.7 Å². The molecule has 0 saturated carbocycles. The van der Waals surface area contributed by atoms with Crippen LogP contribution in [-0.4, -0.2) is 44.7 Å². The number of anilines is 2. The van der Waals surface area contributed by atoms with Gasteiger partial charge in [-0.2, -0.15) is 0 Å². The van der Waals surface area contributed by atoms with E-state index in [1.807, 2.05) is 62.3 Å². The number of nitrogens with zero attached hydrogens (tertiary/aromatic N) is 3. The summed E-state index contributed by atoms with van der Waals surface area (Å²) < 4.78 is 0. The van der Waals surface area contributed by atoms with Gasteiger partial charge in [0.1, 0.15) is 5.69 Å². The van der Waals surface area contributed by atoms with Gasteiger partial charge in [0.15, 0.2) is 5.78 Å². The number of carbonyl (C=O) groups is 2. The second-order valence-electron chi connectivity index (χ2n) is 8.47. The van der Waals surface area contributed by atoms with Gasteiger partial charge in [0.05, 0.1) is 5.56 Å². The van der Waals surface area contributed by atoms with Crippen LogP contribution >= 0.6 is 0 Å². The Morgan fingerprint density at radius 2 is 1.34 bits per heavy atom. The predicted molar refractivity (Wildman–Crippen MR) is 129 cm³/mol. The highest BCUT2D eigenvalue weighted by Gasteiger charge is 2.33. The van der Waals surface area contributed by atoms with Crippen LogP contribution < -0.4 is 9.80 Å². The van der Waals surface area contributed by atoms with Crippen molar-refractivity contribution in [3.63, 3.8) is 0 Å². The summed E-state index contributed by atoms with van der Waals surface area (Å²) in [5.74, 6) is -0.364. The van der Waals surface area contributed by atoms with Crippen LogP contribution in [0.1, 0.15) is 32.0 Å². The van der Waals surface area contributed by atoms with Gasteiger partial charge in [0.2, 0.25) is 5.78 Å². The lowest BCUT2D eigenvalue weighted by atomic mass is 9.81. The Labute approximate surface area is 186 Å². The molecule has 5 heteroatoms. The van der Waals surface area contributed by atoms with Crippen LogP contribution in [0.2, 0.25) is 0 Å². The van der Waals surface area contributed by atoms with Crippen molar-refractivity contribution in [3.8, 4) is 11.1 Å². The van der Waals surface area contributed by atoms with E-state index in [1.54, 1.807) is 18.3 Å². The number of carbonyl (C=O) groups excluding carboxylic acids is 2. The second kappa shape index (κ2) is 7.31. The summed E-state index contributed by atoms with van der Waals surface area (Å²) in [7, 11) is 7.92. The lowest BCUT2D eigenvalue weighted by molar-refractivity contribution is 0.0976. The Kier molecular flexibility index (Phi) is 4.55. The average molecular weight is 422 g/mol. The van der Waals surface area contributed by atoms with Crippen molar-refractivity contribution in [1.82, 2.24) is 4.98 Å². The van der Waals surface area contributed by atoms with Crippen LogP contribution in [0.25, 0.3) is 21.9 Å². The molecule has 3 aromatic carbocycles. The first kappa shape index (κ1) is 19.9. The molecule has 0 N–H and O–H groups in total. The van der Waals surface area contributed by atoms with Crippen LogP contribution in [0, 0.1) is 0 Å². The molecule has 0 spiro atoms. The minimum absolute atomic E-state index is 0.161. The van der Waals surface area contributed by atoms with E-state index in [0.717, 1.165) is 33.3 Å². The van der Waals surface area contributed by atoms with E-state index in [2.05, 4.69) is 29.2 Å². The SMILES string of the molecule is CN(C)c1ccc(-c2cc3c(c4cc(N(C)C)ccc24)C(=O)c2ncccc2C3=O)cc1. The summed E-state index contributed by atoms with van der Waals surface area (Å²) in [6.07, 6.45) is 1.56. The number of ketones is 2. The number of hydrogen-bond acceptors (Lipinski definition) is 5. The Morgan fingerprint density at radius 1 is 0.656 bits per heavy atom. The second-order valence-corrected chi connectivity index (χ2v) is 8.47. The Hall–Kier alpha value is -3.99. The quantitative estimate of drug-likeness (QED) is 0.419. The van der Waals surface area contributed by atoms with Crippen LogP contribution in [0.15, 0.2) is 66.9 Å². The van der Waals surface area contributed by atoms with Crippen LogP contribution in [0.4, 0.5) is 11.4 Å². The maximum Gasteiger partial charge on any atom is 0.213 e. The normalized spacial score (nSPS) is 12.5. The topological polar surface area (TPSA) is 53.5 Å². The lowest BCUT2D eigenvalue weighted by Gasteiger charge is -2.22. The maximum atomic E-state index is 13.5. The zero-order valence-electron chi connectivity index (χ0n) is 18.5. The van der Waals surface area contributed by atoms with Gasteiger partial charge < -0.3 is 9.80 Å². The van der Waals surface area contributed by atoms with Gasteiger partial charge in [-0.15, -0.1) is 0 Å². The number of hydrogen-bond donors (Lipinski definition) is 0. The molecular weight excluding hydrogens is 398 g/mol. The van der Waals surface area contributed by atoms with Gasteiger partial charge in [0.25, 0.3) is 0 Å². The van der Waals surface area contributed by atoms with Crippen molar-refractivity contribution in [2.75, 3.05) is 38.0 Å². The third-order valence-electron chi connectivity index (χ3n) is 6.07. The van der Waals surface area contributed by atoms with Crippen LogP contribution in [0.3, 0.4) is 0 Å². The molecule has 0 atom stereocenters. The first-order valence-electron chi connectivity index (χ1n) is 10.5. The number of fused-ring (bicyclic) bond motifs is 4. The number of pyridine rings is 1. The molecule has 5 nitrogen and oxygen atoms in total. The fraction of sp³-hybridized carbons (Fsp3) is 0.148. The highest BCUT2D eigenvalue weighted by molar-refractivity contribution is 6.32. The standard InChI is InChI=1S/C27H23N3O2/c1-29(2)17-9-7-16(8-10-17)21-15-23-24(22-14-18(30(3)4)11-12-19(21)22)27(32)25-20(26(23)31)6-5-13-28-25/h5-15H,1-4H3. The molecule has 0 aliphatic heterocycles. The molecule has 1 aliphatic carbocycles. The summed E-state index contributed by atoms with van der Waals surface area (Å²) in [5, 5.41) is 1.71. The molecule has 5 rings (SSSR count). The Bertz CT molecular complexity index is 1400. The van der Waals surface area contributed by atoms with E-state index in [1.165, 1.54) is 0 Å².